The Morgan fingerprint density at radius 2 is 1.06 bits per heavy atom. The van der Waals surface area contributed by atoms with Gasteiger partial charge in [-0.05, 0) is 47.5 Å². The van der Waals surface area contributed by atoms with Crippen molar-refractivity contribution < 1.29 is 19.8 Å². The van der Waals surface area contributed by atoms with Gasteiger partial charge < -0.3 is 10.2 Å². The van der Waals surface area contributed by atoms with Gasteiger partial charge in [0, 0.05) is 0 Å². The number of carboxylic acid groups (broad SMARTS) is 2. The number of hydrogen-bond acceptors (Lipinski definition) is 6. The minimum Gasteiger partial charge on any atom is -0.478 e. The first-order valence-corrected chi connectivity index (χ1v) is 9.83. The Bertz CT molecular complexity index is 1120. The number of hydrogen-bond donors (Lipinski definition) is 4. The molecule has 0 radical (unpaired) electrons. The van der Waals surface area contributed by atoms with Gasteiger partial charge in [0.25, 0.3) is 0 Å². The number of hydrazone groups is 2. The lowest BCUT2D eigenvalue weighted by Crippen LogP contribution is -1.99. The van der Waals surface area contributed by atoms with Crippen LogP contribution in [0.4, 0.5) is 11.4 Å². The Morgan fingerprint density at radius 1 is 0.688 bits per heavy atom. The van der Waals surface area contributed by atoms with Crippen LogP contribution in [-0.4, -0.2) is 34.6 Å². The van der Waals surface area contributed by atoms with Crippen molar-refractivity contribution in [1.82, 2.24) is 0 Å². The number of rotatable bonds is 8. The van der Waals surface area contributed by atoms with Crippen molar-refractivity contribution in [2.24, 2.45) is 10.2 Å². The standard InChI is InChI=1S/C22H16Cl2N4O4/c23-17-7-5-15(21(29)30)9-19(17)27-25-11-13-1-2-14(4-3-13)12-26-28-20-10-16(22(31)32)6-8-18(20)24/h1-12,27-28H,(H,29,30)(H,31,32). The number of benzene rings is 3. The van der Waals surface area contributed by atoms with E-state index in [1.165, 1.54) is 36.4 Å². The summed E-state index contributed by atoms with van der Waals surface area (Å²) in [6.45, 7) is 0. The van der Waals surface area contributed by atoms with Crippen molar-refractivity contribution in [3.63, 3.8) is 0 Å². The average molecular weight is 471 g/mol. The Hall–Kier alpha value is -3.88. The van der Waals surface area contributed by atoms with Crippen LogP contribution in [0.15, 0.2) is 70.9 Å². The van der Waals surface area contributed by atoms with E-state index in [1.807, 2.05) is 0 Å². The molecule has 0 aliphatic heterocycles. The maximum absolute atomic E-state index is 11.1. The summed E-state index contributed by atoms with van der Waals surface area (Å²) in [5.74, 6) is -2.12. The molecule has 0 bridgehead atoms. The van der Waals surface area contributed by atoms with Crippen LogP contribution in [0.3, 0.4) is 0 Å². The van der Waals surface area contributed by atoms with Crippen LogP contribution in [0, 0.1) is 0 Å². The second kappa shape index (κ2) is 10.4. The predicted molar refractivity (Wildman–Crippen MR) is 126 cm³/mol. The Balaban J connectivity index is 1.61. The van der Waals surface area contributed by atoms with Crippen LogP contribution in [0.1, 0.15) is 31.8 Å². The van der Waals surface area contributed by atoms with Gasteiger partial charge in [-0.15, -0.1) is 0 Å². The van der Waals surface area contributed by atoms with Gasteiger partial charge in [0.15, 0.2) is 0 Å². The fourth-order valence-corrected chi connectivity index (χ4v) is 2.83. The van der Waals surface area contributed by atoms with Crippen molar-refractivity contribution in [3.05, 3.63) is 93.0 Å². The summed E-state index contributed by atoms with van der Waals surface area (Å²) >= 11 is 12.1. The highest BCUT2D eigenvalue weighted by atomic mass is 35.5. The first-order valence-electron chi connectivity index (χ1n) is 9.07. The molecule has 0 fully saturated rings. The molecule has 0 atom stereocenters. The second-order valence-electron chi connectivity index (χ2n) is 6.41. The summed E-state index contributed by atoms with van der Waals surface area (Å²) in [6.07, 6.45) is 3.11. The highest BCUT2D eigenvalue weighted by Crippen LogP contribution is 2.24. The lowest BCUT2D eigenvalue weighted by atomic mass is 10.2. The zero-order valence-corrected chi connectivity index (χ0v) is 17.8. The number of carboxylic acids is 2. The molecule has 0 saturated heterocycles. The maximum Gasteiger partial charge on any atom is 0.335 e. The van der Waals surface area contributed by atoms with E-state index >= 15 is 0 Å². The van der Waals surface area contributed by atoms with E-state index in [2.05, 4.69) is 21.1 Å². The number of anilines is 2. The fraction of sp³-hybridized carbons (Fsp3) is 0. The van der Waals surface area contributed by atoms with Crippen LogP contribution in [0.5, 0.6) is 0 Å². The lowest BCUT2D eigenvalue weighted by molar-refractivity contribution is 0.0686. The van der Waals surface area contributed by atoms with Crippen LogP contribution < -0.4 is 10.9 Å². The molecule has 0 aliphatic rings. The zero-order valence-electron chi connectivity index (χ0n) is 16.3. The van der Waals surface area contributed by atoms with Gasteiger partial charge >= 0.3 is 11.9 Å². The van der Waals surface area contributed by atoms with Gasteiger partial charge in [0.05, 0.1) is 45.0 Å². The summed E-state index contributed by atoms with van der Waals surface area (Å²) in [7, 11) is 0. The Kier molecular flexibility index (Phi) is 7.43. The molecule has 0 saturated carbocycles. The molecule has 3 aromatic rings. The molecule has 0 unspecified atom stereocenters. The van der Waals surface area contributed by atoms with Gasteiger partial charge in [-0.2, -0.15) is 10.2 Å². The average Bonchev–Trinajstić information content (AvgIpc) is 2.77. The van der Waals surface area contributed by atoms with Crippen molar-refractivity contribution >= 4 is 58.9 Å². The first kappa shape index (κ1) is 22.8. The Morgan fingerprint density at radius 3 is 1.41 bits per heavy atom. The van der Waals surface area contributed by atoms with Crippen molar-refractivity contribution in [3.8, 4) is 0 Å². The SMILES string of the molecule is O=C(O)c1ccc(Cl)c(NN=Cc2ccc(C=NNc3cc(C(=O)O)ccc3Cl)cc2)c1. The normalized spacial score (nSPS) is 11.1. The van der Waals surface area contributed by atoms with Gasteiger partial charge in [-0.3, -0.25) is 10.9 Å². The van der Waals surface area contributed by atoms with Crippen LogP contribution in [0.25, 0.3) is 0 Å². The molecule has 0 aliphatic carbocycles. The number of nitrogens with zero attached hydrogens (tertiary/aromatic N) is 2. The van der Waals surface area contributed by atoms with E-state index in [0.29, 0.717) is 21.4 Å². The molecule has 0 heterocycles. The third-order valence-electron chi connectivity index (χ3n) is 4.16. The molecule has 162 valence electrons. The molecular weight excluding hydrogens is 455 g/mol. The van der Waals surface area contributed by atoms with Crippen molar-refractivity contribution in [2.75, 3.05) is 10.9 Å². The molecule has 4 N–H and O–H groups in total. The molecule has 3 aromatic carbocycles. The highest BCUT2D eigenvalue weighted by Gasteiger charge is 2.07. The monoisotopic (exact) mass is 470 g/mol. The highest BCUT2D eigenvalue weighted by molar-refractivity contribution is 6.33. The molecule has 0 spiro atoms. The second-order valence-corrected chi connectivity index (χ2v) is 7.22. The summed E-state index contributed by atoms with van der Waals surface area (Å²) in [5.41, 5.74) is 7.97. The van der Waals surface area contributed by atoms with Gasteiger partial charge in [0.1, 0.15) is 0 Å². The third-order valence-corrected chi connectivity index (χ3v) is 4.82. The largest absolute Gasteiger partial charge is 0.478 e. The van der Waals surface area contributed by atoms with E-state index in [1.54, 1.807) is 36.7 Å². The van der Waals surface area contributed by atoms with E-state index < -0.39 is 11.9 Å². The van der Waals surface area contributed by atoms with E-state index in [0.717, 1.165) is 11.1 Å². The topological polar surface area (TPSA) is 123 Å². The lowest BCUT2D eigenvalue weighted by Gasteiger charge is -2.05. The summed E-state index contributed by atoms with van der Waals surface area (Å²) in [5, 5.41) is 26.9. The molecule has 10 heteroatoms. The molecule has 3 rings (SSSR count). The van der Waals surface area contributed by atoms with Crippen LogP contribution in [-0.2, 0) is 0 Å². The molecule has 0 amide bonds. The minimum atomic E-state index is -1.06. The summed E-state index contributed by atoms with van der Waals surface area (Å²) < 4.78 is 0. The molecular formula is C22H16Cl2N4O4. The number of carbonyl (C=O) groups is 2. The third kappa shape index (κ3) is 6.07. The van der Waals surface area contributed by atoms with Gasteiger partial charge in [-0.25, -0.2) is 9.59 Å². The zero-order chi connectivity index (χ0) is 23.1. The van der Waals surface area contributed by atoms with Crippen LogP contribution in [0.2, 0.25) is 10.0 Å². The van der Waals surface area contributed by atoms with Crippen LogP contribution >= 0.6 is 23.2 Å². The number of nitrogens with one attached hydrogen (secondary N) is 2. The van der Waals surface area contributed by atoms with E-state index in [9.17, 15) is 9.59 Å². The minimum absolute atomic E-state index is 0.0975. The first-order chi connectivity index (χ1) is 15.3. The van der Waals surface area contributed by atoms with Gasteiger partial charge in [-0.1, -0.05) is 47.5 Å². The molecule has 8 nitrogen and oxygen atoms in total. The van der Waals surface area contributed by atoms with Crippen molar-refractivity contribution in [2.45, 2.75) is 0 Å². The number of aromatic carboxylic acids is 2. The predicted octanol–water partition coefficient (Wildman–Crippen LogP) is 5.28. The fourth-order valence-electron chi connectivity index (χ4n) is 2.51. The molecule has 32 heavy (non-hydrogen) atoms. The van der Waals surface area contributed by atoms with E-state index in [4.69, 9.17) is 33.4 Å². The number of halogens is 2. The summed E-state index contributed by atoms with van der Waals surface area (Å²) in [6, 6.07) is 15.8. The molecule has 0 aromatic heterocycles. The smallest absolute Gasteiger partial charge is 0.335 e. The quantitative estimate of drug-likeness (QED) is 0.262. The van der Waals surface area contributed by atoms with Gasteiger partial charge in [0.2, 0.25) is 0 Å². The van der Waals surface area contributed by atoms with E-state index in [-0.39, 0.29) is 11.1 Å². The summed E-state index contributed by atoms with van der Waals surface area (Å²) in [4.78, 5) is 22.1. The van der Waals surface area contributed by atoms with Crippen molar-refractivity contribution in [1.29, 1.82) is 0 Å². The maximum atomic E-state index is 11.1. The Labute approximate surface area is 192 Å².